The Labute approximate surface area is 137 Å². The van der Waals surface area contributed by atoms with Gasteiger partial charge in [0.2, 0.25) is 0 Å². The number of hydrogen-bond donors (Lipinski definition) is 5. The Balaban J connectivity index is 2.29. The summed E-state index contributed by atoms with van der Waals surface area (Å²) in [6.45, 7) is 1.02. The van der Waals surface area contributed by atoms with Gasteiger partial charge in [-0.2, -0.15) is 0 Å². The molecule has 2 aromatic heterocycles. The molecule has 2 radical (unpaired) electrons. The molecule has 3 rings (SSSR count). The number of hydrogen-bond acceptors (Lipinski definition) is 8. The highest BCUT2D eigenvalue weighted by molar-refractivity contribution is 6.15. The van der Waals surface area contributed by atoms with Crippen molar-refractivity contribution in [2.75, 3.05) is 12.3 Å². The van der Waals surface area contributed by atoms with Gasteiger partial charge < -0.3 is 36.1 Å². The van der Waals surface area contributed by atoms with Gasteiger partial charge in [-0.1, -0.05) is 0 Å². The SMILES string of the molecule is [B][C@@]1(n2cc(C(N)=O)c3c(N)nc(C)nc32)O[C@H](CO)[C@@H](O)[C@H]1O. The first-order chi connectivity index (χ1) is 11.2. The molecule has 0 unspecified atom stereocenters. The van der Waals surface area contributed by atoms with Gasteiger partial charge >= 0.3 is 0 Å². The summed E-state index contributed by atoms with van der Waals surface area (Å²) >= 11 is 0. The van der Waals surface area contributed by atoms with Gasteiger partial charge in [-0.25, -0.2) is 9.97 Å². The molecule has 0 aromatic carbocycles. The van der Waals surface area contributed by atoms with Crippen molar-refractivity contribution in [3.63, 3.8) is 0 Å². The number of aryl methyl sites for hydroxylation is 1. The minimum atomic E-state index is -1.98. The Morgan fingerprint density at radius 1 is 1.50 bits per heavy atom. The normalized spacial score (nSPS) is 30.1. The smallest absolute Gasteiger partial charge is 0.251 e. The number of nitrogen functional groups attached to an aromatic ring is 1. The zero-order valence-corrected chi connectivity index (χ0v) is 12.7. The molecule has 0 spiro atoms. The van der Waals surface area contributed by atoms with Crippen LogP contribution in [0.4, 0.5) is 5.82 Å². The van der Waals surface area contributed by atoms with E-state index in [1.165, 1.54) is 6.20 Å². The molecule has 1 aliphatic heterocycles. The Morgan fingerprint density at radius 3 is 2.71 bits per heavy atom. The van der Waals surface area contributed by atoms with E-state index in [4.69, 9.17) is 24.1 Å². The number of aliphatic hydroxyl groups excluding tert-OH is 3. The van der Waals surface area contributed by atoms with Crippen LogP contribution in [0.25, 0.3) is 11.0 Å². The Bertz CT molecular complexity index is 827. The molecule has 10 nitrogen and oxygen atoms in total. The summed E-state index contributed by atoms with van der Waals surface area (Å²) < 4.78 is 6.59. The van der Waals surface area contributed by atoms with Crippen LogP contribution >= 0.6 is 0 Å². The van der Waals surface area contributed by atoms with Crippen molar-refractivity contribution >= 4 is 30.6 Å². The van der Waals surface area contributed by atoms with Crippen molar-refractivity contribution in [2.24, 2.45) is 5.73 Å². The van der Waals surface area contributed by atoms with Crippen LogP contribution in [0.1, 0.15) is 16.2 Å². The van der Waals surface area contributed by atoms with Gasteiger partial charge in [-0.05, 0) is 6.92 Å². The second kappa shape index (κ2) is 5.41. The highest BCUT2D eigenvalue weighted by Gasteiger charge is 2.52. The second-order valence-electron chi connectivity index (χ2n) is 5.66. The summed E-state index contributed by atoms with van der Waals surface area (Å²) in [5.74, 6) is -0.487. The summed E-state index contributed by atoms with van der Waals surface area (Å²) in [6.07, 6.45) is -2.91. The third kappa shape index (κ3) is 2.17. The van der Waals surface area contributed by atoms with Crippen molar-refractivity contribution in [3.8, 4) is 0 Å². The maximum atomic E-state index is 11.7. The molecule has 24 heavy (non-hydrogen) atoms. The first-order valence-corrected chi connectivity index (χ1v) is 7.09. The molecule has 126 valence electrons. The van der Waals surface area contributed by atoms with E-state index in [-0.39, 0.29) is 22.4 Å². The second-order valence-corrected chi connectivity index (χ2v) is 5.66. The van der Waals surface area contributed by atoms with E-state index >= 15 is 0 Å². The Hall–Kier alpha value is -2.21. The van der Waals surface area contributed by atoms with Crippen molar-refractivity contribution in [3.05, 3.63) is 17.6 Å². The molecule has 1 fully saturated rings. The summed E-state index contributed by atoms with van der Waals surface area (Å²) in [5.41, 5.74) is 9.34. The lowest BCUT2D eigenvalue weighted by molar-refractivity contribution is -0.0841. The van der Waals surface area contributed by atoms with Crippen LogP contribution in [0.5, 0.6) is 0 Å². The van der Waals surface area contributed by atoms with Crippen molar-refractivity contribution in [1.29, 1.82) is 0 Å². The van der Waals surface area contributed by atoms with E-state index in [1.807, 2.05) is 0 Å². The Morgan fingerprint density at radius 2 is 2.17 bits per heavy atom. The monoisotopic (exact) mass is 333 g/mol. The van der Waals surface area contributed by atoms with Gasteiger partial charge in [0.05, 0.1) is 17.6 Å². The predicted molar refractivity (Wildman–Crippen MR) is 82.9 cm³/mol. The van der Waals surface area contributed by atoms with Gasteiger partial charge in [0.25, 0.3) is 5.91 Å². The number of aromatic nitrogens is 3. The number of primary amides is 1. The molecule has 0 saturated carbocycles. The molecule has 7 N–H and O–H groups in total. The van der Waals surface area contributed by atoms with E-state index in [9.17, 15) is 20.1 Å². The highest BCUT2D eigenvalue weighted by Crippen LogP contribution is 2.37. The third-order valence-electron chi connectivity index (χ3n) is 4.08. The van der Waals surface area contributed by atoms with Crippen LogP contribution in [0.2, 0.25) is 0 Å². The number of fused-ring (bicyclic) bond motifs is 1. The standard InChI is InChI=1S/C13H16BN5O5/c1-4-17-10(15)7-5(11(16)23)2-19(12(7)18-4)13(14)9(22)8(21)6(3-20)24-13/h2,6,8-9,20-22H,3H2,1H3,(H2,16,23)(H2,15,17,18)/t6-,8-,9-,13+/m1/s1. The minimum Gasteiger partial charge on any atom is -0.394 e. The number of rotatable bonds is 3. The lowest BCUT2D eigenvalue weighted by Crippen LogP contribution is -2.46. The van der Waals surface area contributed by atoms with Gasteiger partial charge in [-0.15, -0.1) is 0 Å². The average molecular weight is 333 g/mol. The average Bonchev–Trinajstić information content (AvgIpc) is 3.00. The molecule has 11 heteroatoms. The number of aliphatic hydroxyl groups is 3. The van der Waals surface area contributed by atoms with Crippen molar-refractivity contribution in [1.82, 2.24) is 14.5 Å². The van der Waals surface area contributed by atoms with Gasteiger partial charge in [0, 0.05) is 6.20 Å². The largest absolute Gasteiger partial charge is 0.394 e. The van der Waals surface area contributed by atoms with E-state index < -0.39 is 36.5 Å². The molecule has 4 atom stereocenters. The lowest BCUT2D eigenvalue weighted by Gasteiger charge is -2.31. The van der Waals surface area contributed by atoms with E-state index in [0.717, 1.165) is 4.57 Å². The van der Waals surface area contributed by atoms with E-state index in [0.29, 0.717) is 5.82 Å². The predicted octanol–water partition coefficient (Wildman–Crippen LogP) is -2.69. The number of ether oxygens (including phenoxy) is 1. The van der Waals surface area contributed by atoms with Gasteiger partial charge in [0.15, 0.2) is 0 Å². The maximum Gasteiger partial charge on any atom is 0.251 e. The molecule has 1 amide bonds. The summed E-state index contributed by atoms with van der Waals surface area (Å²) in [5, 5.41) is 29.7. The minimum absolute atomic E-state index is 0.00920. The Kier molecular flexibility index (Phi) is 3.75. The molecule has 1 saturated heterocycles. The quantitative estimate of drug-likeness (QED) is 0.378. The zero-order valence-electron chi connectivity index (χ0n) is 12.7. The molecule has 1 aliphatic rings. The first-order valence-electron chi connectivity index (χ1n) is 7.09. The molecule has 2 aromatic rings. The fourth-order valence-corrected chi connectivity index (χ4v) is 2.89. The first kappa shape index (κ1) is 16.6. The molecule has 0 aliphatic carbocycles. The summed E-state index contributed by atoms with van der Waals surface area (Å²) in [6, 6.07) is 0. The fourth-order valence-electron chi connectivity index (χ4n) is 2.89. The molecular weight excluding hydrogens is 317 g/mol. The maximum absolute atomic E-state index is 11.7. The molecule has 3 heterocycles. The number of amides is 1. The highest BCUT2D eigenvalue weighted by atomic mass is 16.6. The summed E-state index contributed by atoms with van der Waals surface area (Å²) in [7, 11) is 6.13. The van der Waals surface area contributed by atoms with Gasteiger partial charge in [0.1, 0.15) is 49.1 Å². The van der Waals surface area contributed by atoms with Crippen LogP contribution < -0.4 is 11.5 Å². The zero-order chi connectivity index (χ0) is 17.8. The number of nitrogens with zero attached hydrogens (tertiary/aromatic N) is 3. The number of carbonyl (C=O) groups is 1. The van der Waals surface area contributed by atoms with Crippen LogP contribution in [-0.4, -0.2) is 68.5 Å². The van der Waals surface area contributed by atoms with E-state index in [2.05, 4.69) is 9.97 Å². The molecular formula is C13H16BN5O5. The summed E-state index contributed by atoms with van der Waals surface area (Å²) in [4.78, 5) is 19.9. The number of carbonyl (C=O) groups excluding carboxylic acids is 1. The van der Waals surface area contributed by atoms with Crippen LogP contribution in [0, 0.1) is 6.92 Å². The van der Waals surface area contributed by atoms with E-state index in [1.54, 1.807) is 6.92 Å². The third-order valence-corrected chi connectivity index (χ3v) is 4.08. The topological polar surface area (TPSA) is 170 Å². The van der Waals surface area contributed by atoms with Crippen molar-refractivity contribution in [2.45, 2.75) is 30.9 Å². The fraction of sp³-hybridized carbons (Fsp3) is 0.462. The molecule has 0 bridgehead atoms. The number of anilines is 1. The lowest BCUT2D eigenvalue weighted by atomic mass is 9.84. The van der Waals surface area contributed by atoms with Gasteiger partial charge in [-0.3, -0.25) is 4.79 Å². The number of nitrogens with two attached hydrogens (primary N) is 2. The van der Waals surface area contributed by atoms with Crippen LogP contribution in [-0.2, 0) is 10.4 Å². The van der Waals surface area contributed by atoms with Crippen LogP contribution in [0.15, 0.2) is 6.20 Å². The van der Waals surface area contributed by atoms with Crippen molar-refractivity contribution < 1.29 is 24.9 Å². The van der Waals surface area contributed by atoms with Crippen LogP contribution in [0.3, 0.4) is 0 Å².